The van der Waals surface area contributed by atoms with Gasteiger partial charge in [0.2, 0.25) is 0 Å². The number of para-hydroxylation sites is 1. The van der Waals surface area contributed by atoms with E-state index in [1.807, 2.05) is 6.07 Å². The molecule has 2 aromatic rings. The molecule has 88 valence electrons. The first kappa shape index (κ1) is 11.2. The summed E-state index contributed by atoms with van der Waals surface area (Å²) < 4.78 is 5.08. The maximum absolute atomic E-state index is 11.5. The molecule has 0 fully saturated rings. The highest BCUT2D eigenvalue weighted by Crippen LogP contribution is 2.21. The first-order valence-electron chi connectivity index (χ1n) is 5.09. The Balaban J connectivity index is 2.50. The maximum Gasteiger partial charge on any atom is 0.336 e. The Morgan fingerprint density at radius 3 is 2.71 bits per heavy atom. The molecule has 0 aliphatic rings. The lowest BCUT2D eigenvalue weighted by Crippen LogP contribution is -2.27. The van der Waals surface area contributed by atoms with Crippen LogP contribution in [0.15, 0.2) is 39.5 Å². The Kier molecular flexibility index (Phi) is 2.82. The second-order valence-electron chi connectivity index (χ2n) is 3.80. The van der Waals surface area contributed by atoms with E-state index in [-0.39, 0.29) is 6.03 Å². The van der Waals surface area contributed by atoms with E-state index in [4.69, 9.17) is 4.42 Å². The lowest BCUT2D eigenvalue weighted by molar-refractivity contribution is 0.230. The van der Waals surface area contributed by atoms with Gasteiger partial charge in [0.15, 0.2) is 5.58 Å². The van der Waals surface area contributed by atoms with Gasteiger partial charge < -0.3 is 14.6 Å². The number of nitrogens with zero attached hydrogens (tertiary/aromatic N) is 1. The van der Waals surface area contributed by atoms with Crippen molar-refractivity contribution in [1.82, 2.24) is 4.90 Å². The quantitative estimate of drug-likeness (QED) is 0.763. The normalized spacial score (nSPS) is 10.2. The van der Waals surface area contributed by atoms with E-state index in [9.17, 15) is 9.59 Å². The summed E-state index contributed by atoms with van der Waals surface area (Å²) in [5, 5.41) is 3.43. The van der Waals surface area contributed by atoms with Gasteiger partial charge >= 0.3 is 11.7 Å². The molecule has 0 saturated heterocycles. The second kappa shape index (κ2) is 4.29. The van der Waals surface area contributed by atoms with Crippen LogP contribution < -0.4 is 10.9 Å². The van der Waals surface area contributed by atoms with Crippen LogP contribution in [0.2, 0.25) is 0 Å². The first-order valence-corrected chi connectivity index (χ1v) is 5.09. The molecule has 0 radical (unpaired) electrons. The van der Waals surface area contributed by atoms with Crippen molar-refractivity contribution in [3.05, 3.63) is 40.8 Å². The molecule has 1 heterocycles. The van der Waals surface area contributed by atoms with Crippen LogP contribution in [0.3, 0.4) is 0 Å². The Labute approximate surface area is 97.6 Å². The van der Waals surface area contributed by atoms with Gasteiger partial charge in [-0.2, -0.15) is 0 Å². The van der Waals surface area contributed by atoms with Gasteiger partial charge in [0, 0.05) is 25.5 Å². The minimum absolute atomic E-state index is 0.274. The fraction of sp³-hybridized carbons (Fsp3) is 0.167. The molecule has 1 N–H and O–H groups in total. The van der Waals surface area contributed by atoms with Crippen LogP contribution in [0, 0.1) is 0 Å². The third-order valence-corrected chi connectivity index (χ3v) is 2.29. The molecule has 1 aromatic carbocycles. The highest BCUT2D eigenvalue weighted by Gasteiger charge is 2.08. The molecule has 0 atom stereocenters. The van der Waals surface area contributed by atoms with E-state index < -0.39 is 5.63 Å². The van der Waals surface area contributed by atoms with Crippen molar-refractivity contribution in [1.29, 1.82) is 0 Å². The minimum atomic E-state index is -0.441. The topological polar surface area (TPSA) is 62.6 Å². The molecular weight excluding hydrogens is 220 g/mol. The Bertz CT molecular complexity index is 616. The Morgan fingerprint density at radius 1 is 1.24 bits per heavy atom. The predicted molar refractivity (Wildman–Crippen MR) is 65.2 cm³/mol. The number of urea groups is 1. The van der Waals surface area contributed by atoms with E-state index >= 15 is 0 Å². The zero-order valence-corrected chi connectivity index (χ0v) is 9.56. The first-order chi connectivity index (χ1) is 8.08. The van der Waals surface area contributed by atoms with Crippen LogP contribution in [0.1, 0.15) is 0 Å². The monoisotopic (exact) mass is 232 g/mol. The van der Waals surface area contributed by atoms with E-state index in [2.05, 4.69) is 5.32 Å². The number of fused-ring (bicyclic) bond motifs is 1. The summed E-state index contributed by atoms with van der Waals surface area (Å²) in [5.41, 5.74) is 0.429. The van der Waals surface area contributed by atoms with Gasteiger partial charge in [-0.25, -0.2) is 9.59 Å². The summed E-state index contributed by atoms with van der Waals surface area (Å²) in [4.78, 5) is 24.1. The lowest BCUT2D eigenvalue weighted by atomic mass is 10.2. The van der Waals surface area contributed by atoms with E-state index in [1.54, 1.807) is 32.3 Å². The number of amides is 2. The average molecular weight is 232 g/mol. The van der Waals surface area contributed by atoms with Crippen molar-refractivity contribution in [3.8, 4) is 0 Å². The fourth-order valence-electron chi connectivity index (χ4n) is 1.42. The van der Waals surface area contributed by atoms with Gasteiger partial charge in [0.25, 0.3) is 0 Å². The largest absolute Gasteiger partial charge is 0.420 e. The molecule has 5 heteroatoms. The van der Waals surface area contributed by atoms with Crippen molar-refractivity contribution < 1.29 is 9.21 Å². The number of carbonyl (C=O) groups is 1. The van der Waals surface area contributed by atoms with Gasteiger partial charge in [0.05, 0.1) is 5.69 Å². The van der Waals surface area contributed by atoms with Crippen LogP contribution in [0.5, 0.6) is 0 Å². The minimum Gasteiger partial charge on any atom is -0.420 e. The molecule has 5 nitrogen and oxygen atoms in total. The number of nitrogens with one attached hydrogen (secondary N) is 1. The zero-order chi connectivity index (χ0) is 12.4. The molecule has 1 aromatic heterocycles. The van der Waals surface area contributed by atoms with Crippen molar-refractivity contribution in [2.45, 2.75) is 0 Å². The predicted octanol–water partition coefficient (Wildman–Crippen LogP) is 1.89. The van der Waals surface area contributed by atoms with E-state index in [0.29, 0.717) is 11.3 Å². The van der Waals surface area contributed by atoms with Crippen molar-refractivity contribution in [2.75, 3.05) is 19.4 Å². The summed E-state index contributed by atoms with van der Waals surface area (Å²) >= 11 is 0. The van der Waals surface area contributed by atoms with Gasteiger partial charge in [-0.3, -0.25) is 0 Å². The van der Waals surface area contributed by atoms with Gasteiger partial charge in [-0.05, 0) is 12.1 Å². The summed E-state index contributed by atoms with van der Waals surface area (Å²) in [5.74, 6) is 0. The molecule has 2 rings (SSSR count). The van der Waals surface area contributed by atoms with Crippen LogP contribution in [-0.4, -0.2) is 25.0 Å². The zero-order valence-electron chi connectivity index (χ0n) is 9.56. The SMILES string of the molecule is CN(C)C(=O)Nc1cccc2ccc(=O)oc12. The molecule has 0 saturated carbocycles. The highest BCUT2D eigenvalue weighted by atomic mass is 16.4. The molecule has 17 heavy (non-hydrogen) atoms. The maximum atomic E-state index is 11.5. The number of anilines is 1. The van der Waals surface area contributed by atoms with Gasteiger partial charge in [0.1, 0.15) is 0 Å². The Morgan fingerprint density at radius 2 is 2.00 bits per heavy atom. The number of hydrogen-bond donors (Lipinski definition) is 1. The standard InChI is InChI=1S/C12H12N2O3/c1-14(2)12(16)13-9-5-3-4-8-6-7-10(15)17-11(8)9/h3-7H,1-2H3,(H,13,16). The number of carbonyl (C=O) groups excluding carboxylic acids is 1. The van der Waals surface area contributed by atoms with Crippen LogP contribution >= 0.6 is 0 Å². The smallest absolute Gasteiger partial charge is 0.336 e. The summed E-state index contributed by atoms with van der Waals surface area (Å²) in [6, 6.07) is 8.01. The molecule has 0 bridgehead atoms. The number of benzene rings is 1. The van der Waals surface area contributed by atoms with E-state index in [0.717, 1.165) is 5.39 Å². The van der Waals surface area contributed by atoms with Crippen LogP contribution in [0.4, 0.5) is 10.5 Å². The molecule has 0 aliphatic heterocycles. The lowest BCUT2D eigenvalue weighted by Gasteiger charge is -2.12. The van der Waals surface area contributed by atoms with Gasteiger partial charge in [-0.1, -0.05) is 12.1 Å². The van der Waals surface area contributed by atoms with Crippen molar-refractivity contribution in [2.24, 2.45) is 0 Å². The van der Waals surface area contributed by atoms with Crippen molar-refractivity contribution in [3.63, 3.8) is 0 Å². The third kappa shape index (κ3) is 2.28. The van der Waals surface area contributed by atoms with Crippen molar-refractivity contribution >= 4 is 22.7 Å². The number of hydrogen-bond acceptors (Lipinski definition) is 3. The summed E-state index contributed by atoms with van der Waals surface area (Å²) in [6.45, 7) is 0. The molecule has 0 aliphatic carbocycles. The molecular formula is C12H12N2O3. The summed E-state index contributed by atoms with van der Waals surface area (Å²) in [6.07, 6.45) is 0. The van der Waals surface area contributed by atoms with Crippen LogP contribution in [-0.2, 0) is 0 Å². The average Bonchev–Trinajstić information content (AvgIpc) is 2.29. The second-order valence-corrected chi connectivity index (χ2v) is 3.80. The van der Waals surface area contributed by atoms with E-state index in [1.165, 1.54) is 11.0 Å². The van der Waals surface area contributed by atoms with Crippen LogP contribution in [0.25, 0.3) is 11.0 Å². The highest BCUT2D eigenvalue weighted by molar-refractivity contribution is 5.98. The molecule has 0 unspecified atom stereocenters. The Hall–Kier alpha value is -2.30. The molecule has 0 spiro atoms. The fourth-order valence-corrected chi connectivity index (χ4v) is 1.42. The summed E-state index contributed by atoms with van der Waals surface area (Å²) in [7, 11) is 3.27. The molecule has 2 amide bonds. The third-order valence-electron chi connectivity index (χ3n) is 2.29. The number of rotatable bonds is 1. The van der Waals surface area contributed by atoms with Gasteiger partial charge in [-0.15, -0.1) is 0 Å².